The van der Waals surface area contributed by atoms with Crippen molar-refractivity contribution in [3.05, 3.63) is 87.5 Å². The molecule has 0 aliphatic heterocycles. The third-order valence-corrected chi connectivity index (χ3v) is 5.21. The number of anilines is 1. The molecule has 2 atom stereocenters. The van der Waals surface area contributed by atoms with Crippen LogP contribution in [-0.4, -0.2) is 0 Å². The summed E-state index contributed by atoms with van der Waals surface area (Å²) >= 11 is 0. The Kier molecular flexibility index (Phi) is 4.85. The minimum absolute atomic E-state index is 0.262. The molecule has 0 heterocycles. The number of hydrogen-bond acceptors (Lipinski definition) is 1. The van der Waals surface area contributed by atoms with Gasteiger partial charge >= 0.3 is 0 Å². The molecule has 0 saturated heterocycles. The van der Waals surface area contributed by atoms with E-state index >= 15 is 0 Å². The summed E-state index contributed by atoms with van der Waals surface area (Å²) in [5, 5.41) is 3.77. The molecule has 0 spiro atoms. The van der Waals surface area contributed by atoms with Crippen LogP contribution in [0.3, 0.4) is 0 Å². The predicted molar refractivity (Wildman–Crippen MR) is 109 cm³/mol. The van der Waals surface area contributed by atoms with Crippen molar-refractivity contribution in [2.75, 3.05) is 5.32 Å². The second-order valence-corrected chi connectivity index (χ2v) is 7.55. The van der Waals surface area contributed by atoms with Crippen molar-refractivity contribution >= 4 is 5.69 Å². The van der Waals surface area contributed by atoms with E-state index in [1.165, 1.54) is 44.7 Å². The first-order valence-corrected chi connectivity index (χ1v) is 9.16. The molecule has 130 valence electrons. The number of hydrogen-bond donors (Lipinski definition) is 1. The molecule has 2 unspecified atom stereocenters. The van der Waals surface area contributed by atoms with Gasteiger partial charge < -0.3 is 5.32 Å². The Morgan fingerprint density at radius 2 is 1.56 bits per heavy atom. The summed E-state index contributed by atoms with van der Waals surface area (Å²) in [5.41, 5.74) is 10.8. The SMILES string of the molecule is CC1=CC(c2ccccc2C(C)Nc2c(C)cc(C)cc2C)C(C)=C1. The molecule has 0 bridgehead atoms. The Balaban J connectivity index is 1.94. The van der Waals surface area contributed by atoms with E-state index in [4.69, 9.17) is 0 Å². The van der Waals surface area contributed by atoms with Crippen molar-refractivity contribution in [3.8, 4) is 0 Å². The second-order valence-electron chi connectivity index (χ2n) is 7.55. The monoisotopic (exact) mass is 331 g/mol. The third-order valence-electron chi connectivity index (χ3n) is 5.21. The quantitative estimate of drug-likeness (QED) is 0.651. The van der Waals surface area contributed by atoms with Gasteiger partial charge in [-0.15, -0.1) is 0 Å². The van der Waals surface area contributed by atoms with Gasteiger partial charge in [0, 0.05) is 17.6 Å². The molecule has 0 fully saturated rings. The average Bonchev–Trinajstić information content (AvgIpc) is 2.89. The molecule has 0 saturated carbocycles. The smallest absolute Gasteiger partial charge is 0.0488 e. The van der Waals surface area contributed by atoms with Crippen LogP contribution in [-0.2, 0) is 0 Å². The molecule has 2 aromatic rings. The summed E-state index contributed by atoms with van der Waals surface area (Å²) in [6, 6.07) is 13.6. The van der Waals surface area contributed by atoms with Gasteiger partial charge in [0.25, 0.3) is 0 Å². The van der Waals surface area contributed by atoms with Crippen LogP contribution in [0.15, 0.2) is 59.7 Å². The second kappa shape index (κ2) is 6.92. The fourth-order valence-electron chi connectivity index (χ4n) is 4.12. The minimum atomic E-state index is 0.262. The molecule has 1 heteroatoms. The zero-order valence-corrected chi connectivity index (χ0v) is 16.3. The van der Waals surface area contributed by atoms with Crippen LogP contribution >= 0.6 is 0 Å². The number of allylic oxidation sites excluding steroid dienone is 4. The lowest BCUT2D eigenvalue weighted by Gasteiger charge is -2.24. The van der Waals surface area contributed by atoms with Crippen molar-refractivity contribution in [2.24, 2.45) is 0 Å². The van der Waals surface area contributed by atoms with Crippen LogP contribution in [0, 0.1) is 20.8 Å². The molecule has 25 heavy (non-hydrogen) atoms. The maximum Gasteiger partial charge on any atom is 0.0488 e. The molecular weight excluding hydrogens is 302 g/mol. The lowest BCUT2D eigenvalue weighted by molar-refractivity contribution is 0.843. The summed E-state index contributed by atoms with van der Waals surface area (Å²) in [6.07, 6.45) is 4.68. The highest BCUT2D eigenvalue weighted by molar-refractivity contribution is 5.60. The lowest BCUT2D eigenvalue weighted by Crippen LogP contribution is -2.12. The molecule has 0 radical (unpaired) electrons. The van der Waals surface area contributed by atoms with Crippen molar-refractivity contribution in [3.63, 3.8) is 0 Å². The Morgan fingerprint density at radius 3 is 2.16 bits per heavy atom. The fraction of sp³-hybridized carbons (Fsp3) is 0.333. The van der Waals surface area contributed by atoms with Gasteiger partial charge in [0.1, 0.15) is 0 Å². The molecule has 1 aliphatic carbocycles. The van der Waals surface area contributed by atoms with E-state index in [2.05, 4.69) is 95.4 Å². The normalized spacial score (nSPS) is 17.9. The molecule has 3 rings (SSSR count). The Hall–Kier alpha value is -2.28. The van der Waals surface area contributed by atoms with E-state index in [9.17, 15) is 0 Å². The molecule has 0 amide bonds. The molecule has 1 N–H and O–H groups in total. The van der Waals surface area contributed by atoms with Crippen molar-refractivity contribution in [2.45, 2.75) is 53.5 Å². The molecule has 2 aromatic carbocycles. The largest absolute Gasteiger partial charge is 0.378 e. The Labute approximate surface area is 152 Å². The average molecular weight is 332 g/mol. The van der Waals surface area contributed by atoms with E-state index in [0.29, 0.717) is 5.92 Å². The van der Waals surface area contributed by atoms with E-state index in [-0.39, 0.29) is 6.04 Å². The van der Waals surface area contributed by atoms with E-state index in [1.54, 1.807) is 0 Å². The highest BCUT2D eigenvalue weighted by atomic mass is 14.9. The summed E-state index contributed by atoms with van der Waals surface area (Å²) in [4.78, 5) is 0. The van der Waals surface area contributed by atoms with Crippen LogP contribution in [0.4, 0.5) is 5.69 Å². The van der Waals surface area contributed by atoms with E-state index in [0.717, 1.165) is 0 Å². The van der Waals surface area contributed by atoms with Crippen LogP contribution in [0.2, 0.25) is 0 Å². The highest BCUT2D eigenvalue weighted by Gasteiger charge is 2.21. The first-order valence-electron chi connectivity index (χ1n) is 9.16. The van der Waals surface area contributed by atoms with Gasteiger partial charge in [-0.2, -0.15) is 0 Å². The van der Waals surface area contributed by atoms with Crippen LogP contribution in [0.25, 0.3) is 0 Å². The van der Waals surface area contributed by atoms with Crippen molar-refractivity contribution in [1.29, 1.82) is 0 Å². The maximum atomic E-state index is 3.77. The Bertz CT molecular complexity index is 831. The summed E-state index contributed by atoms with van der Waals surface area (Å²) in [6.45, 7) is 13.2. The van der Waals surface area contributed by atoms with Gasteiger partial charge in [0.05, 0.1) is 0 Å². The van der Waals surface area contributed by atoms with E-state index < -0.39 is 0 Å². The summed E-state index contributed by atoms with van der Waals surface area (Å²) in [7, 11) is 0. The zero-order chi connectivity index (χ0) is 18.1. The van der Waals surface area contributed by atoms with Gasteiger partial charge in [0.2, 0.25) is 0 Å². The van der Waals surface area contributed by atoms with Gasteiger partial charge in [-0.05, 0) is 63.8 Å². The van der Waals surface area contributed by atoms with Crippen LogP contribution in [0.1, 0.15) is 60.5 Å². The zero-order valence-electron chi connectivity index (χ0n) is 16.3. The third kappa shape index (κ3) is 3.56. The van der Waals surface area contributed by atoms with Gasteiger partial charge in [-0.25, -0.2) is 0 Å². The number of nitrogens with one attached hydrogen (secondary N) is 1. The van der Waals surface area contributed by atoms with Crippen molar-refractivity contribution in [1.82, 2.24) is 0 Å². The predicted octanol–water partition coefficient (Wildman–Crippen LogP) is 6.77. The van der Waals surface area contributed by atoms with Crippen LogP contribution < -0.4 is 5.32 Å². The first-order chi connectivity index (χ1) is 11.9. The van der Waals surface area contributed by atoms with Gasteiger partial charge in [-0.3, -0.25) is 0 Å². The topological polar surface area (TPSA) is 12.0 Å². The number of rotatable bonds is 4. The fourth-order valence-corrected chi connectivity index (χ4v) is 4.12. The molecule has 0 aromatic heterocycles. The molecule has 1 aliphatic rings. The number of benzene rings is 2. The molecular formula is C24H29N. The first kappa shape index (κ1) is 17.5. The number of aryl methyl sites for hydroxylation is 3. The van der Waals surface area contributed by atoms with Crippen LogP contribution in [0.5, 0.6) is 0 Å². The van der Waals surface area contributed by atoms with E-state index in [1.807, 2.05) is 0 Å². The lowest BCUT2D eigenvalue weighted by atomic mass is 9.88. The Morgan fingerprint density at radius 1 is 0.920 bits per heavy atom. The van der Waals surface area contributed by atoms with Crippen molar-refractivity contribution < 1.29 is 0 Å². The summed E-state index contributed by atoms with van der Waals surface area (Å²) < 4.78 is 0. The van der Waals surface area contributed by atoms with Gasteiger partial charge in [-0.1, -0.05) is 65.3 Å². The highest BCUT2D eigenvalue weighted by Crippen LogP contribution is 2.37. The standard InChI is InChI=1S/C24H29N/c1-15-12-18(4)24(19(5)13-15)25-20(6)21-9-7-8-10-22(21)23-14-16(2)11-17(23)3/h7-14,20,23,25H,1-6H3. The maximum absolute atomic E-state index is 3.77. The summed E-state index contributed by atoms with van der Waals surface area (Å²) in [5.74, 6) is 0.403. The molecule has 1 nitrogen and oxygen atoms in total. The van der Waals surface area contributed by atoms with Gasteiger partial charge in [0.15, 0.2) is 0 Å². The minimum Gasteiger partial charge on any atom is -0.378 e.